The van der Waals surface area contributed by atoms with Gasteiger partial charge in [0.15, 0.2) is 0 Å². The van der Waals surface area contributed by atoms with Gasteiger partial charge in [0.25, 0.3) is 5.91 Å². The summed E-state index contributed by atoms with van der Waals surface area (Å²) in [6.45, 7) is 9.21. The van der Waals surface area contributed by atoms with Crippen molar-refractivity contribution in [1.29, 1.82) is 0 Å². The lowest BCUT2D eigenvalue weighted by Gasteiger charge is -2.16. The number of carbonyl (C=O) groups is 1. The average Bonchev–Trinajstić information content (AvgIpc) is 2.79. The fourth-order valence-electron chi connectivity index (χ4n) is 3.40. The monoisotopic (exact) mass is 417 g/mol. The zero-order chi connectivity index (χ0) is 22.2. The van der Waals surface area contributed by atoms with Crippen LogP contribution in [0, 0.1) is 0 Å². The summed E-state index contributed by atoms with van der Waals surface area (Å²) in [6, 6.07) is 21.4. The molecular weight excluding hydrogens is 386 g/mol. The highest BCUT2D eigenvalue weighted by Gasteiger charge is 2.13. The maximum atomic E-state index is 12.8. The van der Waals surface area contributed by atoms with Crippen LogP contribution in [-0.2, 0) is 13.0 Å². The van der Waals surface area contributed by atoms with Gasteiger partial charge >= 0.3 is 0 Å². The lowest BCUT2D eigenvalue weighted by atomic mass is 10.0. The van der Waals surface area contributed by atoms with Gasteiger partial charge in [0.05, 0.1) is 6.61 Å². The van der Waals surface area contributed by atoms with Crippen molar-refractivity contribution in [3.05, 3.63) is 89.0 Å². The molecule has 0 heterocycles. The van der Waals surface area contributed by atoms with Gasteiger partial charge in [-0.25, -0.2) is 0 Å². The quantitative estimate of drug-likeness (QED) is 0.426. The molecule has 0 aliphatic rings. The van der Waals surface area contributed by atoms with Crippen LogP contribution in [0.5, 0.6) is 11.5 Å². The molecule has 31 heavy (non-hydrogen) atoms. The zero-order valence-corrected chi connectivity index (χ0v) is 18.8. The molecule has 0 saturated heterocycles. The van der Waals surface area contributed by atoms with Crippen molar-refractivity contribution in [2.75, 3.05) is 11.9 Å². The minimum Gasteiger partial charge on any atom is -0.493 e. The largest absolute Gasteiger partial charge is 0.493 e. The standard InChI is InChI=1S/C27H31NO3/c1-5-20-11-14-23(15-12-20)28-27(29)21-13-16-25(30-6-2)22(17-21)18-31-26-10-8-7-9-24(26)19(3)4/h7-17,19H,5-6,18H2,1-4H3,(H,28,29). The molecule has 0 aliphatic carbocycles. The van der Waals surface area contributed by atoms with E-state index in [2.05, 4.69) is 32.2 Å². The Hall–Kier alpha value is -3.27. The van der Waals surface area contributed by atoms with E-state index in [9.17, 15) is 4.79 Å². The number of ether oxygens (including phenoxy) is 2. The number of anilines is 1. The molecule has 0 aliphatic heterocycles. The van der Waals surface area contributed by atoms with Gasteiger partial charge in [-0.2, -0.15) is 0 Å². The van der Waals surface area contributed by atoms with Crippen LogP contribution in [0.2, 0.25) is 0 Å². The summed E-state index contributed by atoms with van der Waals surface area (Å²) in [7, 11) is 0. The van der Waals surface area contributed by atoms with E-state index in [1.807, 2.05) is 61.5 Å². The molecule has 162 valence electrons. The molecule has 4 heteroatoms. The number of carbonyl (C=O) groups excluding carboxylic acids is 1. The molecule has 0 atom stereocenters. The number of hydrogen-bond donors (Lipinski definition) is 1. The van der Waals surface area contributed by atoms with Crippen molar-refractivity contribution < 1.29 is 14.3 Å². The van der Waals surface area contributed by atoms with Gasteiger partial charge < -0.3 is 14.8 Å². The van der Waals surface area contributed by atoms with Crippen molar-refractivity contribution in [2.24, 2.45) is 0 Å². The van der Waals surface area contributed by atoms with Crippen LogP contribution in [0.3, 0.4) is 0 Å². The molecule has 0 fully saturated rings. The molecule has 0 aromatic heterocycles. The number of aryl methyl sites for hydroxylation is 1. The minimum absolute atomic E-state index is 0.156. The van der Waals surface area contributed by atoms with Crippen LogP contribution < -0.4 is 14.8 Å². The van der Waals surface area contributed by atoms with Crippen molar-refractivity contribution in [2.45, 2.75) is 46.6 Å². The minimum atomic E-state index is -0.156. The van der Waals surface area contributed by atoms with Gasteiger partial charge in [-0.05, 0) is 66.8 Å². The lowest BCUT2D eigenvalue weighted by Crippen LogP contribution is -2.13. The Kier molecular flexibility index (Phi) is 7.71. The van der Waals surface area contributed by atoms with Crippen LogP contribution in [-0.4, -0.2) is 12.5 Å². The Bertz CT molecular complexity index is 1010. The summed E-state index contributed by atoms with van der Waals surface area (Å²) in [5, 5.41) is 2.97. The van der Waals surface area contributed by atoms with E-state index in [1.54, 1.807) is 6.07 Å². The summed E-state index contributed by atoms with van der Waals surface area (Å²) in [5.74, 6) is 1.79. The Balaban J connectivity index is 1.79. The molecule has 3 rings (SSSR count). The van der Waals surface area contributed by atoms with Crippen molar-refractivity contribution >= 4 is 11.6 Å². The maximum absolute atomic E-state index is 12.8. The van der Waals surface area contributed by atoms with E-state index in [4.69, 9.17) is 9.47 Å². The number of hydrogen-bond acceptors (Lipinski definition) is 3. The molecule has 3 aromatic carbocycles. The van der Waals surface area contributed by atoms with Crippen LogP contribution >= 0.6 is 0 Å². The third-order valence-corrected chi connectivity index (χ3v) is 5.17. The molecular formula is C27H31NO3. The smallest absolute Gasteiger partial charge is 0.255 e. The second-order valence-electron chi connectivity index (χ2n) is 7.74. The van der Waals surface area contributed by atoms with E-state index in [0.29, 0.717) is 24.7 Å². The molecule has 1 amide bonds. The number of benzene rings is 3. The van der Waals surface area contributed by atoms with Crippen LogP contribution in [0.1, 0.15) is 60.7 Å². The maximum Gasteiger partial charge on any atom is 0.255 e. The molecule has 1 N–H and O–H groups in total. The molecule has 3 aromatic rings. The Morgan fingerprint density at radius 1 is 0.903 bits per heavy atom. The fourth-order valence-corrected chi connectivity index (χ4v) is 3.40. The number of nitrogens with one attached hydrogen (secondary N) is 1. The summed E-state index contributed by atoms with van der Waals surface area (Å²) in [5.41, 5.74) is 4.58. The molecule has 4 nitrogen and oxygen atoms in total. The van der Waals surface area contributed by atoms with E-state index in [-0.39, 0.29) is 5.91 Å². The van der Waals surface area contributed by atoms with Gasteiger partial charge in [0, 0.05) is 16.8 Å². The first-order chi connectivity index (χ1) is 15.0. The van der Waals surface area contributed by atoms with E-state index >= 15 is 0 Å². The van der Waals surface area contributed by atoms with Gasteiger partial charge in [-0.3, -0.25) is 4.79 Å². The first-order valence-corrected chi connectivity index (χ1v) is 10.9. The Morgan fingerprint density at radius 3 is 2.32 bits per heavy atom. The summed E-state index contributed by atoms with van der Waals surface area (Å²) in [6.07, 6.45) is 0.969. The molecule has 0 radical (unpaired) electrons. The second kappa shape index (κ2) is 10.7. The SMILES string of the molecule is CCOc1ccc(C(=O)Nc2ccc(CC)cc2)cc1COc1ccccc1C(C)C. The van der Waals surface area contributed by atoms with Crippen LogP contribution in [0.15, 0.2) is 66.7 Å². The van der Waals surface area contributed by atoms with Gasteiger partial charge in [-0.1, -0.05) is 51.1 Å². The number of para-hydroxylation sites is 1. The highest BCUT2D eigenvalue weighted by molar-refractivity contribution is 6.04. The summed E-state index contributed by atoms with van der Waals surface area (Å²) >= 11 is 0. The van der Waals surface area contributed by atoms with Crippen molar-refractivity contribution in [3.63, 3.8) is 0 Å². The zero-order valence-electron chi connectivity index (χ0n) is 18.8. The highest BCUT2D eigenvalue weighted by atomic mass is 16.5. The molecule has 0 bridgehead atoms. The molecule has 0 unspecified atom stereocenters. The molecule has 0 spiro atoms. The lowest BCUT2D eigenvalue weighted by molar-refractivity contribution is 0.102. The average molecular weight is 418 g/mol. The van der Waals surface area contributed by atoms with Crippen molar-refractivity contribution in [3.8, 4) is 11.5 Å². The number of rotatable bonds is 9. The van der Waals surface area contributed by atoms with E-state index in [0.717, 1.165) is 34.7 Å². The Labute approximate surface area is 185 Å². The predicted octanol–water partition coefficient (Wildman–Crippen LogP) is 6.60. The van der Waals surface area contributed by atoms with Gasteiger partial charge in [-0.15, -0.1) is 0 Å². The first kappa shape index (κ1) is 22.4. The predicted molar refractivity (Wildman–Crippen MR) is 126 cm³/mol. The first-order valence-electron chi connectivity index (χ1n) is 10.9. The van der Waals surface area contributed by atoms with E-state index in [1.165, 1.54) is 5.56 Å². The topological polar surface area (TPSA) is 47.6 Å². The third kappa shape index (κ3) is 5.88. The highest BCUT2D eigenvalue weighted by Crippen LogP contribution is 2.28. The summed E-state index contributed by atoms with van der Waals surface area (Å²) < 4.78 is 11.9. The number of amides is 1. The Morgan fingerprint density at radius 2 is 1.65 bits per heavy atom. The normalized spacial score (nSPS) is 10.7. The van der Waals surface area contributed by atoms with E-state index < -0.39 is 0 Å². The fraction of sp³-hybridized carbons (Fsp3) is 0.296. The van der Waals surface area contributed by atoms with Crippen LogP contribution in [0.25, 0.3) is 0 Å². The molecule has 0 saturated carbocycles. The summed E-state index contributed by atoms with van der Waals surface area (Å²) in [4.78, 5) is 12.8. The van der Waals surface area contributed by atoms with Gasteiger partial charge in [0.1, 0.15) is 18.1 Å². The third-order valence-electron chi connectivity index (χ3n) is 5.17. The van der Waals surface area contributed by atoms with Crippen LogP contribution in [0.4, 0.5) is 5.69 Å². The van der Waals surface area contributed by atoms with Gasteiger partial charge in [0.2, 0.25) is 0 Å². The van der Waals surface area contributed by atoms with Crippen molar-refractivity contribution in [1.82, 2.24) is 0 Å². The second-order valence-corrected chi connectivity index (χ2v) is 7.74.